The number of anilines is 1. The van der Waals surface area contributed by atoms with E-state index < -0.39 is 12.2 Å². The minimum Gasteiger partial charge on any atom is -0.388 e. The highest BCUT2D eigenvalue weighted by atomic mass is 16.3. The molecule has 5 nitrogen and oxygen atoms in total. The number of para-hydroxylation sites is 2. The zero-order valence-corrected chi connectivity index (χ0v) is 9.61. The third-order valence-corrected chi connectivity index (χ3v) is 3.31. The van der Waals surface area contributed by atoms with Crippen LogP contribution in [0.25, 0.3) is 11.0 Å². The fourth-order valence-electron chi connectivity index (χ4n) is 2.35. The summed E-state index contributed by atoms with van der Waals surface area (Å²) < 4.78 is 1.99. The van der Waals surface area contributed by atoms with Gasteiger partial charge in [-0.3, -0.25) is 0 Å². The van der Waals surface area contributed by atoms with Crippen LogP contribution in [0.5, 0.6) is 0 Å². The molecule has 2 aromatic rings. The summed E-state index contributed by atoms with van der Waals surface area (Å²) in [6.45, 7) is 0.858. The molecule has 0 bridgehead atoms. The molecular formula is C12H15N3O2. The lowest BCUT2D eigenvalue weighted by Gasteiger charge is -2.16. The molecule has 2 N–H and O–H groups in total. The van der Waals surface area contributed by atoms with Gasteiger partial charge in [0, 0.05) is 20.1 Å². The van der Waals surface area contributed by atoms with Gasteiger partial charge in [-0.05, 0) is 12.1 Å². The van der Waals surface area contributed by atoms with Crippen molar-refractivity contribution < 1.29 is 10.2 Å². The van der Waals surface area contributed by atoms with Crippen LogP contribution in [0.2, 0.25) is 0 Å². The number of hydrogen-bond acceptors (Lipinski definition) is 4. The number of β-amino-alcohol motifs (C(OH)–C–C–N with tert-alkyl or cyclic N) is 2. The molecule has 17 heavy (non-hydrogen) atoms. The average Bonchev–Trinajstić information content (AvgIpc) is 2.82. The van der Waals surface area contributed by atoms with Gasteiger partial charge in [0.2, 0.25) is 5.95 Å². The van der Waals surface area contributed by atoms with Gasteiger partial charge in [0.25, 0.3) is 0 Å². The zero-order chi connectivity index (χ0) is 12.0. The molecular weight excluding hydrogens is 218 g/mol. The molecule has 3 rings (SSSR count). The Labute approximate surface area is 98.9 Å². The monoisotopic (exact) mass is 233 g/mol. The first-order chi connectivity index (χ1) is 8.16. The standard InChI is InChI=1S/C12H15N3O2/c1-14-9-5-3-2-4-8(9)13-12(14)15-6-10(16)11(17)7-15/h2-5,10-11,16-17H,6-7H2,1H3. The summed E-state index contributed by atoms with van der Waals surface area (Å²) in [6, 6.07) is 7.89. The van der Waals surface area contributed by atoms with E-state index in [0.29, 0.717) is 13.1 Å². The summed E-state index contributed by atoms with van der Waals surface area (Å²) in [7, 11) is 1.95. The number of benzene rings is 1. The van der Waals surface area contributed by atoms with Crippen LogP contribution in [0.15, 0.2) is 24.3 Å². The van der Waals surface area contributed by atoms with Crippen molar-refractivity contribution >= 4 is 17.0 Å². The fourth-order valence-corrected chi connectivity index (χ4v) is 2.35. The summed E-state index contributed by atoms with van der Waals surface area (Å²) in [4.78, 5) is 6.44. The first kappa shape index (κ1) is 10.6. The maximum Gasteiger partial charge on any atom is 0.206 e. The molecule has 0 aliphatic carbocycles. The maximum atomic E-state index is 9.57. The van der Waals surface area contributed by atoms with Gasteiger partial charge in [0.05, 0.1) is 23.2 Å². The Kier molecular flexibility index (Phi) is 2.31. The van der Waals surface area contributed by atoms with Gasteiger partial charge >= 0.3 is 0 Å². The van der Waals surface area contributed by atoms with Gasteiger partial charge in [-0.1, -0.05) is 12.1 Å². The van der Waals surface area contributed by atoms with E-state index in [4.69, 9.17) is 0 Å². The zero-order valence-electron chi connectivity index (χ0n) is 9.61. The van der Waals surface area contributed by atoms with Gasteiger partial charge < -0.3 is 19.7 Å². The van der Waals surface area contributed by atoms with Crippen molar-refractivity contribution in [1.29, 1.82) is 0 Å². The molecule has 90 valence electrons. The molecule has 1 aliphatic rings. The lowest BCUT2D eigenvalue weighted by atomic mass is 10.3. The van der Waals surface area contributed by atoms with E-state index in [2.05, 4.69) is 4.98 Å². The van der Waals surface area contributed by atoms with Crippen molar-refractivity contribution in [1.82, 2.24) is 9.55 Å². The topological polar surface area (TPSA) is 61.5 Å². The van der Waals surface area contributed by atoms with Crippen LogP contribution >= 0.6 is 0 Å². The van der Waals surface area contributed by atoms with Crippen molar-refractivity contribution in [3.05, 3.63) is 24.3 Å². The highest BCUT2D eigenvalue weighted by molar-refractivity contribution is 5.78. The summed E-state index contributed by atoms with van der Waals surface area (Å²) in [5.74, 6) is 0.793. The highest BCUT2D eigenvalue weighted by Gasteiger charge is 2.31. The first-order valence-corrected chi connectivity index (χ1v) is 5.69. The number of aliphatic hydroxyl groups is 2. The number of hydrogen-bond donors (Lipinski definition) is 2. The molecule has 2 atom stereocenters. The van der Waals surface area contributed by atoms with E-state index in [9.17, 15) is 10.2 Å². The number of aryl methyl sites for hydroxylation is 1. The molecule has 0 spiro atoms. The van der Waals surface area contributed by atoms with Gasteiger partial charge in [0.1, 0.15) is 0 Å². The molecule has 1 aliphatic heterocycles. The first-order valence-electron chi connectivity index (χ1n) is 5.69. The third-order valence-electron chi connectivity index (χ3n) is 3.31. The van der Waals surface area contributed by atoms with Crippen LogP contribution < -0.4 is 4.90 Å². The van der Waals surface area contributed by atoms with E-state index in [0.717, 1.165) is 17.0 Å². The largest absolute Gasteiger partial charge is 0.388 e. The van der Waals surface area contributed by atoms with Gasteiger partial charge in [-0.15, -0.1) is 0 Å². The molecule has 1 aromatic heterocycles. The minimum absolute atomic E-state index is 0.429. The molecule has 2 unspecified atom stereocenters. The maximum absolute atomic E-state index is 9.57. The molecule has 1 aromatic carbocycles. The molecule has 0 amide bonds. The molecule has 1 fully saturated rings. The van der Waals surface area contributed by atoms with Crippen LogP contribution in [-0.2, 0) is 7.05 Å². The summed E-state index contributed by atoms with van der Waals surface area (Å²) >= 11 is 0. The molecule has 0 saturated carbocycles. The normalized spacial score (nSPS) is 24.8. The van der Waals surface area contributed by atoms with E-state index in [1.54, 1.807) is 0 Å². The van der Waals surface area contributed by atoms with Crippen LogP contribution in [0.1, 0.15) is 0 Å². The van der Waals surface area contributed by atoms with Crippen molar-refractivity contribution in [2.24, 2.45) is 7.05 Å². The predicted octanol–water partition coefficient (Wildman–Crippen LogP) is 0.115. The number of aliphatic hydroxyl groups excluding tert-OH is 2. The van der Waals surface area contributed by atoms with E-state index in [1.165, 1.54) is 0 Å². The van der Waals surface area contributed by atoms with Crippen LogP contribution in [0.4, 0.5) is 5.95 Å². The van der Waals surface area contributed by atoms with Gasteiger partial charge in [0.15, 0.2) is 0 Å². The molecule has 5 heteroatoms. The minimum atomic E-state index is -0.685. The highest BCUT2D eigenvalue weighted by Crippen LogP contribution is 2.24. The Morgan fingerprint density at radius 2 is 1.82 bits per heavy atom. The van der Waals surface area contributed by atoms with Crippen molar-refractivity contribution in [2.45, 2.75) is 12.2 Å². The summed E-state index contributed by atoms with van der Waals surface area (Å²) in [6.07, 6.45) is -1.37. The summed E-state index contributed by atoms with van der Waals surface area (Å²) in [5, 5.41) is 19.1. The van der Waals surface area contributed by atoms with Gasteiger partial charge in [-0.25, -0.2) is 4.98 Å². The molecule has 2 heterocycles. The fraction of sp³-hybridized carbons (Fsp3) is 0.417. The third kappa shape index (κ3) is 1.59. The van der Waals surface area contributed by atoms with Gasteiger partial charge in [-0.2, -0.15) is 0 Å². The number of imidazole rings is 1. The average molecular weight is 233 g/mol. The van der Waals surface area contributed by atoms with E-state index >= 15 is 0 Å². The molecule has 0 radical (unpaired) electrons. The Morgan fingerprint density at radius 3 is 2.47 bits per heavy atom. The lowest BCUT2D eigenvalue weighted by Crippen LogP contribution is -2.24. The van der Waals surface area contributed by atoms with Crippen molar-refractivity contribution in [3.63, 3.8) is 0 Å². The Balaban J connectivity index is 2.04. The smallest absolute Gasteiger partial charge is 0.206 e. The van der Waals surface area contributed by atoms with Crippen LogP contribution in [0.3, 0.4) is 0 Å². The number of aromatic nitrogens is 2. The number of rotatable bonds is 1. The van der Waals surface area contributed by atoms with Crippen LogP contribution in [0, 0.1) is 0 Å². The second kappa shape index (κ2) is 3.72. The number of nitrogens with zero attached hydrogens (tertiary/aromatic N) is 3. The lowest BCUT2D eigenvalue weighted by molar-refractivity contribution is 0.0572. The van der Waals surface area contributed by atoms with Crippen molar-refractivity contribution in [2.75, 3.05) is 18.0 Å². The Hall–Kier alpha value is -1.59. The SMILES string of the molecule is Cn1c(N2CC(O)C(O)C2)nc2ccccc21. The van der Waals surface area contributed by atoms with Crippen molar-refractivity contribution in [3.8, 4) is 0 Å². The van der Waals surface area contributed by atoms with E-state index in [1.807, 2.05) is 40.8 Å². The quantitative estimate of drug-likeness (QED) is 0.734. The predicted molar refractivity (Wildman–Crippen MR) is 64.9 cm³/mol. The van der Waals surface area contributed by atoms with E-state index in [-0.39, 0.29) is 0 Å². The second-order valence-corrected chi connectivity index (χ2v) is 4.50. The van der Waals surface area contributed by atoms with Crippen LogP contribution in [-0.4, -0.2) is 45.1 Å². The summed E-state index contributed by atoms with van der Waals surface area (Å²) in [5.41, 5.74) is 1.99. The Bertz CT molecular complexity index is 542. The molecule has 1 saturated heterocycles. The Morgan fingerprint density at radius 1 is 1.18 bits per heavy atom. The second-order valence-electron chi connectivity index (χ2n) is 4.50. The number of fused-ring (bicyclic) bond motifs is 1.